The minimum absolute atomic E-state index is 0.185. The lowest BCUT2D eigenvalue weighted by atomic mass is 9.97. The van der Waals surface area contributed by atoms with Gasteiger partial charge >= 0.3 is 0 Å². The smallest absolute Gasteiger partial charge is 0.161 e. The van der Waals surface area contributed by atoms with Gasteiger partial charge in [0.2, 0.25) is 0 Å². The highest BCUT2D eigenvalue weighted by molar-refractivity contribution is 8.14. The van der Waals surface area contributed by atoms with Gasteiger partial charge in [-0.25, -0.2) is 0 Å². The highest BCUT2D eigenvalue weighted by Gasteiger charge is 2.50. The molecule has 194 valence electrons. The largest absolute Gasteiger partial charge is 0.505 e. The van der Waals surface area contributed by atoms with Gasteiger partial charge in [-0.1, -0.05) is 36.0 Å². The Morgan fingerprint density at radius 2 is 1.42 bits per heavy atom. The Kier molecular flexibility index (Phi) is 9.14. The first-order valence-electron chi connectivity index (χ1n) is 11.8. The van der Waals surface area contributed by atoms with Crippen LogP contribution < -0.4 is 9.47 Å². The highest BCUT2D eigenvalue weighted by Crippen LogP contribution is 2.40. The summed E-state index contributed by atoms with van der Waals surface area (Å²) < 4.78 is 35.3. The molecule has 2 aliphatic rings. The lowest BCUT2D eigenvalue weighted by molar-refractivity contribution is -0.184. The van der Waals surface area contributed by atoms with Crippen molar-refractivity contribution in [3.05, 3.63) is 72.0 Å². The average Bonchev–Trinajstić information content (AvgIpc) is 3.34. The Morgan fingerprint density at radius 3 is 1.92 bits per heavy atom. The Balaban J connectivity index is 1.58. The Labute approximate surface area is 217 Å². The number of thioether (sulfide) groups is 1. The molecule has 5 atom stereocenters. The number of benzene rings is 2. The van der Waals surface area contributed by atoms with Crippen LogP contribution >= 0.6 is 11.8 Å². The van der Waals surface area contributed by atoms with Crippen LogP contribution in [0.1, 0.15) is 11.1 Å². The predicted molar refractivity (Wildman–Crippen MR) is 140 cm³/mol. The van der Waals surface area contributed by atoms with Crippen molar-refractivity contribution < 1.29 is 28.4 Å². The minimum atomic E-state index is -0.399. The molecular weight excluding hydrogens is 480 g/mol. The van der Waals surface area contributed by atoms with E-state index in [1.165, 1.54) is 0 Å². The molecule has 2 aromatic rings. The summed E-state index contributed by atoms with van der Waals surface area (Å²) in [5.74, 6) is 1.61. The second-order valence-corrected chi connectivity index (χ2v) is 9.76. The number of ether oxygens (including phenoxy) is 6. The third-order valence-corrected chi connectivity index (χ3v) is 7.33. The topological polar surface area (TPSA) is 71.0 Å². The molecule has 0 bridgehead atoms. The van der Waals surface area contributed by atoms with Gasteiger partial charge in [0.05, 0.1) is 40.8 Å². The van der Waals surface area contributed by atoms with Crippen LogP contribution in [0.4, 0.5) is 0 Å². The summed E-state index contributed by atoms with van der Waals surface area (Å²) in [5, 5.41) is 0.910. The zero-order chi connectivity index (χ0) is 25.5. The number of nitrogens with zero attached hydrogens (tertiary/aromatic N) is 2. The molecule has 2 aromatic carbocycles. The number of hydrogen-bond donors (Lipinski definition) is 0. The molecule has 4 rings (SSSR count). The molecule has 0 radical (unpaired) electrons. The van der Waals surface area contributed by atoms with Crippen LogP contribution in [0.5, 0.6) is 11.5 Å². The molecule has 0 aliphatic carbocycles. The van der Waals surface area contributed by atoms with Crippen LogP contribution in [0.3, 0.4) is 0 Å². The molecule has 0 aromatic heterocycles. The summed E-state index contributed by atoms with van der Waals surface area (Å²) in [4.78, 5) is 6.96. The third kappa shape index (κ3) is 6.34. The predicted octanol–water partition coefficient (Wildman–Crippen LogP) is 4.09. The first kappa shape index (κ1) is 26.3. The highest BCUT2D eigenvalue weighted by atomic mass is 32.2. The van der Waals surface area contributed by atoms with Gasteiger partial charge in [0.1, 0.15) is 41.3 Å². The molecular formula is C27H34N2O6S. The monoisotopic (exact) mass is 514 g/mol. The van der Waals surface area contributed by atoms with Crippen LogP contribution in [0.15, 0.2) is 65.9 Å². The molecule has 2 heterocycles. The summed E-state index contributed by atoms with van der Waals surface area (Å²) in [7, 11) is 8.89. The van der Waals surface area contributed by atoms with Gasteiger partial charge in [-0.15, -0.1) is 0 Å². The second-order valence-electron chi connectivity index (χ2n) is 8.70. The summed E-state index contributed by atoms with van der Waals surface area (Å²) in [6.07, 6.45) is 2.41. The molecule has 0 saturated carbocycles. The standard InChI is InChI=1S/C27H34N2O6S/c1-29(2)27-28-23-25(34-17-19-8-12-21(32-5)13-9-19)24(22(14-15-30-3)35-26(23)36-27)33-16-18-6-10-20(31-4)11-7-18/h6-15,22-26H,16-17H2,1-5H3/t22-,23-,24-,25-,26-/m1/s1. The second kappa shape index (κ2) is 12.5. The van der Waals surface area contributed by atoms with E-state index in [4.69, 9.17) is 33.4 Å². The molecule has 2 aliphatic heterocycles. The van der Waals surface area contributed by atoms with E-state index in [2.05, 4.69) is 0 Å². The summed E-state index contributed by atoms with van der Waals surface area (Å²) >= 11 is 1.60. The fraction of sp³-hybridized carbons (Fsp3) is 0.444. The van der Waals surface area contributed by atoms with Crippen molar-refractivity contribution >= 4 is 16.9 Å². The van der Waals surface area contributed by atoms with E-state index in [-0.39, 0.29) is 23.7 Å². The minimum Gasteiger partial charge on any atom is -0.505 e. The molecule has 1 fully saturated rings. The maximum atomic E-state index is 6.55. The number of methoxy groups -OCH3 is 3. The first-order valence-corrected chi connectivity index (χ1v) is 12.7. The fourth-order valence-corrected chi connectivity index (χ4v) is 5.23. The zero-order valence-corrected chi connectivity index (χ0v) is 22.1. The quantitative estimate of drug-likeness (QED) is 0.439. The lowest BCUT2D eigenvalue weighted by Gasteiger charge is -2.41. The molecule has 8 nitrogen and oxygen atoms in total. The van der Waals surface area contributed by atoms with Gasteiger partial charge in [-0.05, 0) is 41.5 Å². The summed E-state index contributed by atoms with van der Waals surface area (Å²) in [5.41, 5.74) is 1.88. The molecule has 0 spiro atoms. The Bertz CT molecular complexity index is 1030. The number of rotatable bonds is 10. The number of aliphatic imine (C=N–C) groups is 1. The van der Waals surface area contributed by atoms with Gasteiger partial charge in [0.25, 0.3) is 0 Å². The van der Waals surface area contributed by atoms with Crippen LogP contribution in [0.2, 0.25) is 0 Å². The molecule has 0 N–H and O–H groups in total. The summed E-state index contributed by atoms with van der Waals surface area (Å²) in [6, 6.07) is 15.5. The van der Waals surface area contributed by atoms with Crippen LogP contribution in [0.25, 0.3) is 0 Å². The van der Waals surface area contributed by atoms with Crippen LogP contribution in [0, 0.1) is 0 Å². The number of amidine groups is 1. The SMILES string of the molecule is COC=C[C@H]1O[C@@H]2SC(N(C)C)=N[C@@H]2[C@@H](OCc2ccc(OC)cc2)[C@@H]1OCc1ccc(OC)cc1. The van der Waals surface area contributed by atoms with Crippen LogP contribution in [-0.4, -0.2) is 75.3 Å². The lowest BCUT2D eigenvalue weighted by Crippen LogP contribution is -2.56. The van der Waals surface area contributed by atoms with Gasteiger partial charge in [-0.3, -0.25) is 4.99 Å². The maximum Gasteiger partial charge on any atom is 0.161 e. The van der Waals surface area contributed by atoms with Gasteiger partial charge in [0, 0.05) is 14.1 Å². The first-order chi connectivity index (χ1) is 17.5. The van der Waals surface area contributed by atoms with E-state index in [0.717, 1.165) is 27.8 Å². The Hall–Kier alpha value is -2.72. The number of hydrogen-bond acceptors (Lipinski definition) is 9. The number of fused-ring (bicyclic) bond motifs is 1. The van der Waals surface area contributed by atoms with E-state index >= 15 is 0 Å². The van der Waals surface area contributed by atoms with Crippen molar-refractivity contribution in [3.8, 4) is 11.5 Å². The van der Waals surface area contributed by atoms with Gasteiger partial charge in [0.15, 0.2) is 5.17 Å². The van der Waals surface area contributed by atoms with Gasteiger partial charge < -0.3 is 33.3 Å². The van der Waals surface area contributed by atoms with Crippen molar-refractivity contribution in [1.29, 1.82) is 0 Å². The maximum absolute atomic E-state index is 6.55. The van der Waals surface area contributed by atoms with Crippen molar-refractivity contribution in [1.82, 2.24) is 4.90 Å². The normalized spacial score (nSPS) is 25.4. The van der Waals surface area contributed by atoms with Crippen molar-refractivity contribution in [3.63, 3.8) is 0 Å². The molecule has 0 amide bonds. The molecule has 0 unspecified atom stereocenters. The van der Waals surface area contributed by atoms with Crippen molar-refractivity contribution in [2.45, 2.75) is 43.0 Å². The molecule has 9 heteroatoms. The average molecular weight is 515 g/mol. The van der Waals surface area contributed by atoms with Crippen molar-refractivity contribution in [2.24, 2.45) is 4.99 Å². The van der Waals surface area contributed by atoms with E-state index < -0.39 is 6.10 Å². The van der Waals surface area contributed by atoms with Gasteiger partial charge in [-0.2, -0.15) is 0 Å². The molecule has 1 saturated heterocycles. The molecule has 36 heavy (non-hydrogen) atoms. The summed E-state index contributed by atoms with van der Waals surface area (Å²) in [6.45, 7) is 0.811. The van der Waals surface area contributed by atoms with Crippen LogP contribution in [-0.2, 0) is 32.2 Å². The van der Waals surface area contributed by atoms with E-state index in [1.807, 2.05) is 73.6 Å². The Morgan fingerprint density at radius 1 is 0.861 bits per heavy atom. The van der Waals surface area contributed by atoms with E-state index in [0.29, 0.717) is 13.2 Å². The third-order valence-electron chi connectivity index (χ3n) is 6.03. The van der Waals surface area contributed by atoms with E-state index in [9.17, 15) is 0 Å². The van der Waals surface area contributed by atoms with Crippen molar-refractivity contribution in [2.75, 3.05) is 35.4 Å². The van der Waals surface area contributed by atoms with E-state index in [1.54, 1.807) is 39.4 Å². The zero-order valence-electron chi connectivity index (χ0n) is 21.3. The fourth-order valence-electron chi connectivity index (χ4n) is 4.09.